The molecule has 0 radical (unpaired) electrons. The van der Waals surface area contributed by atoms with E-state index in [-0.39, 0.29) is 48.7 Å². The minimum Gasteiger partial charge on any atom is -0.343 e. The second kappa shape index (κ2) is 7.67. The average Bonchev–Trinajstić information content (AvgIpc) is 3.55. The normalized spacial score (nSPS) is 33.9. The maximum absolute atomic E-state index is 12.1. The Labute approximate surface area is 189 Å². The van der Waals surface area contributed by atoms with Crippen molar-refractivity contribution < 1.29 is 28.5 Å². The lowest BCUT2D eigenvalue weighted by Gasteiger charge is -2.25. The molecule has 4 aliphatic heterocycles. The van der Waals surface area contributed by atoms with E-state index < -0.39 is 12.6 Å². The van der Waals surface area contributed by atoms with Gasteiger partial charge in [0.1, 0.15) is 12.2 Å². The molecule has 0 saturated carbocycles. The van der Waals surface area contributed by atoms with Gasteiger partial charge in [-0.1, -0.05) is 0 Å². The van der Waals surface area contributed by atoms with E-state index in [2.05, 4.69) is 20.9 Å². The first-order chi connectivity index (χ1) is 15.5. The molecule has 0 N–H and O–H groups in total. The second-order valence-corrected chi connectivity index (χ2v) is 8.74. The van der Waals surface area contributed by atoms with Gasteiger partial charge in [-0.2, -0.15) is 0 Å². The Balaban J connectivity index is 1.17. The smallest absolute Gasteiger partial charge is 0.218 e. The predicted octanol–water partition coefficient (Wildman–Crippen LogP) is -0.857. The van der Waals surface area contributed by atoms with Crippen LogP contribution in [-0.4, -0.2) is 89.1 Å². The van der Waals surface area contributed by atoms with E-state index in [0.717, 1.165) is 0 Å². The fraction of sp³-hybridized carbons (Fsp3) is 0.750. The SMILES string of the molecule is O=C1C[C@@H](n2nnn(CCn3nnn([C@H]4CC(=O)[C@@H]5OC[C@@H]4O5)c3=S)c2=S)[C@@H]2CO[C@@H]1O2. The molecule has 170 valence electrons. The third-order valence-corrected chi connectivity index (χ3v) is 6.89. The molecular weight excluding hydrogens is 464 g/mol. The van der Waals surface area contributed by atoms with Crippen molar-refractivity contribution in [3.05, 3.63) is 9.54 Å². The van der Waals surface area contributed by atoms with Crippen molar-refractivity contribution in [1.29, 1.82) is 0 Å². The fourth-order valence-corrected chi connectivity index (χ4v) is 4.99. The van der Waals surface area contributed by atoms with Crippen molar-refractivity contribution in [2.45, 2.75) is 62.8 Å². The highest BCUT2D eigenvalue weighted by Gasteiger charge is 2.46. The summed E-state index contributed by atoms with van der Waals surface area (Å²) in [5.74, 6) is -0.264. The number of Topliss-reactive ketones (excluding diaryl/α,β-unsaturated/α-hetero) is 2. The van der Waals surface area contributed by atoms with Gasteiger partial charge >= 0.3 is 0 Å². The van der Waals surface area contributed by atoms with Gasteiger partial charge in [0.2, 0.25) is 22.1 Å². The van der Waals surface area contributed by atoms with Crippen LogP contribution in [0.15, 0.2) is 0 Å². The Morgan fingerprint density at radius 2 is 1.19 bits per heavy atom. The van der Waals surface area contributed by atoms with Crippen LogP contribution in [0.4, 0.5) is 0 Å². The van der Waals surface area contributed by atoms with Crippen LogP contribution < -0.4 is 0 Å². The number of aromatic nitrogens is 8. The van der Waals surface area contributed by atoms with E-state index in [4.69, 9.17) is 43.4 Å². The topological polar surface area (TPSA) is 142 Å². The molecule has 4 bridgehead atoms. The Morgan fingerprint density at radius 3 is 1.62 bits per heavy atom. The van der Waals surface area contributed by atoms with Crippen molar-refractivity contribution in [2.24, 2.45) is 0 Å². The molecule has 4 aliphatic rings. The van der Waals surface area contributed by atoms with Crippen LogP contribution in [0.2, 0.25) is 0 Å². The van der Waals surface area contributed by atoms with E-state index in [0.29, 0.717) is 35.8 Å². The molecule has 0 aromatic carbocycles. The molecule has 6 heterocycles. The van der Waals surface area contributed by atoms with Crippen LogP contribution in [0.3, 0.4) is 0 Å². The first-order valence-electron chi connectivity index (χ1n) is 10.1. The maximum Gasteiger partial charge on any atom is 0.218 e. The molecule has 0 spiro atoms. The third kappa shape index (κ3) is 3.20. The van der Waals surface area contributed by atoms with Gasteiger partial charge in [0.05, 0.1) is 38.4 Å². The van der Waals surface area contributed by atoms with Gasteiger partial charge in [-0.3, -0.25) is 9.59 Å². The number of ketones is 2. The number of tetrazole rings is 2. The molecule has 14 nitrogen and oxygen atoms in total. The van der Waals surface area contributed by atoms with Crippen LogP contribution in [0.5, 0.6) is 0 Å². The van der Waals surface area contributed by atoms with Crippen LogP contribution >= 0.6 is 24.4 Å². The van der Waals surface area contributed by atoms with Crippen molar-refractivity contribution in [1.82, 2.24) is 39.6 Å². The Hall–Kier alpha value is -2.24. The summed E-state index contributed by atoms with van der Waals surface area (Å²) in [6, 6.07) is -0.710. The number of fused-ring (bicyclic) bond motifs is 4. The number of ether oxygens (including phenoxy) is 4. The Morgan fingerprint density at radius 1 is 0.750 bits per heavy atom. The highest BCUT2D eigenvalue weighted by Crippen LogP contribution is 2.33. The lowest BCUT2D eigenvalue weighted by molar-refractivity contribution is -0.156. The zero-order valence-electron chi connectivity index (χ0n) is 16.6. The molecular formula is C16H18N8O6S2. The van der Waals surface area contributed by atoms with E-state index in [1.54, 1.807) is 0 Å². The van der Waals surface area contributed by atoms with E-state index >= 15 is 0 Å². The molecule has 16 heteroatoms. The summed E-state index contributed by atoms with van der Waals surface area (Å²) in [4.78, 5) is 24.2. The van der Waals surface area contributed by atoms with Crippen molar-refractivity contribution in [3.8, 4) is 0 Å². The molecule has 2 aromatic rings. The predicted molar refractivity (Wildman–Crippen MR) is 104 cm³/mol. The zero-order chi connectivity index (χ0) is 22.0. The summed E-state index contributed by atoms with van der Waals surface area (Å²) in [7, 11) is 0. The molecule has 4 saturated heterocycles. The number of hydrogen-bond acceptors (Lipinski definition) is 12. The monoisotopic (exact) mass is 482 g/mol. The lowest BCUT2D eigenvalue weighted by Crippen LogP contribution is -2.37. The third-order valence-electron chi connectivity index (χ3n) is 6.10. The van der Waals surface area contributed by atoms with Crippen LogP contribution in [0.1, 0.15) is 24.9 Å². The van der Waals surface area contributed by atoms with Gasteiger partial charge in [-0.05, 0) is 45.3 Å². The molecule has 0 amide bonds. The molecule has 32 heavy (non-hydrogen) atoms. The average molecular weight is 483 g/mol. The van der Waals surface area contributed by atoms with Crippen LogP contribution in [0.25, 0.3) is 0 Å². The number of carbonyl (C=O) groups excluding carboxylic acids is 2. The quantitative estimate of drug-likeness (QED) is 0.490. The maximum atomic E-state index is 12.1. The number of hydrogen-bond donors (Lipinski definition) is 0. The largest absolute Gasteiger partial charge is 0.343 e. The van der Waals surface area contributed by atoms with Gasteiger partial charge in [0.15, 0.2) is 11.6 Å². The summed E-state index contributed by atoms with van der Waals surface area (Å²) < 4.78 is 28.7. The summed E-state index contributed by atoms with van der Waals surface area (Å²) in [5.41, 5.74) is 0. The van der Waals surface area contributed by atoms with E-state index in [1.165, 1.54) is 18.7 Å². The number of rotatable bonds is 5. The minimum atomic E-state index is -0.781. The molecule has 6 atom stereocenters. The number of aryl methyl sites for hydroxylation is 2. The second-order valence-electron chi connectivity index (χ2n) is 8.01. The minimum absolute atomic E-state index is 0.132. The summed E-state index contributed by atoms with van der Waals surface area (Å²) >= 11 is 11.0. The standard InChI is InChI=1S/C16H18N8O6S2/c25-9-3-7(11-5-27-13(9)29-11)23-15(31)21(17-19-23)1-2-22-16(32)24(20-18-22)8-4-10(26)14-28-6-12(8)30-14/h7-8,11-14H,1-6H2/t7-,8+,11-,12-,13+,14+/m0/s1. The lowest BCUT2D eigenvalue weighted by atomic mass is 10.0. The van der Waals surface area contributed by atoms with Crippen LogP contribution in [-0.2, 0) is 41.6 Å². The summed E-state index contributed by atoms with van der Waals surface area (Å²) in [6.07, 6.45) is -1.68. The van der Waals surface area contributed by atoms with E-state index in [9.17, 15) is 9.59 Å². The van der Waals surface area contributed by atoms with Gasteiger partial charge in [0.25, 0.3) is 0 Å². The molecule has 0 unspecified atom stereocenters. The number of nitrogens with zero attached hydrogens (tertiary/aromatic N) is 8. The van der Waals surface area contributed by atoms with Crippen LogP contribution in [0, 0.1) is 9.54 Å². The van der Waals surface area contributed by atoms with Gasteiger partial charge in [-0.25, -0.2) is 18.7 Å². The number of carbonyl (C=O) groups is 2. The first-order valence-corrected chi connectivity index (χ1v) is 11.0. The Bertz CT molecular complexity index is 1110. The summed E-state index contributed by atoms with van der Waals surface area (Å²) in [5, 5.41) is 16.5. The van der Waals surface area contributed by atoms with Crippen molar-refractivity contribution in [2.75, 3.05) is 13.2 Å². The Kier molecular flexibility index (Phi) is 4.88. The van der Waals surface area contributed by atoms with Crippen molar-refractivity contribution >= 4 is 36.0 Å². The molecule has 0 aliphatic carbocycles. The van der Waals surface area contributed by atoms with Crippen molar-refractivity contribution in [3.63, 3.8) is 0 Å². The molecule has 4 fully saturated rings. The molecule has 2 aromatic heterocycles. The fourth-order valence-electron chi connectivity index (χ4n) is 4.39. The van der Waals surface area contributed by atoms with Gasteiger partial charge < -0.3 is 18.9 Å². The first kappa shape index (κ1) is 20.4. The highest BCUT2D eigenvalue weighted by atomic mass is 32.1. The highest BCUT2D eigenvalue weighted by molar-refractivity contribution is 7.71. The summed E-state index contributed by atoms with van der Waals surface area (Å²) in [6.45, 7) is 1.31. The van der Waals surface area contributed by atoms with Gasteiger partial charge in [0, 0.05) is 12.8 Å². The zero-order valence-corrected chi connectivity index (χ0v) is 18.2. The van der Waals surface area contributed by atoms with E-state index in [1.807, 2.05) is 0 Å². The van der Waals surface area contributed by atoms with Gasteiger partial charge in [-0.15, -0.1) is 0 Å². The molecule has 6 rings (SSSR count).